The molecule has 0 aliphatic carbocycles. The zero-order valence-corrected chi connectivity index (χ0v) is 15.1. The normalized spacial score (nSPS) is 10.7. The SMILES string of the molecule is COc1ccc(/C=C(/C#N)C(=O)Nc2ccc(Cl)cc2[N+](=O)[O-])c(OC)c1. The lowest BCUT2D eigenvalue weighted by Gasteiger charge is -2.09. The van der Waals surface area contributed by atoms with E-state index in [1.165, 1.54) is 32.4 Å². The van der Waals surface area contributed by atoms with Gasteiger partial charge in [0.25, 0.3) is 11.6 Å². The quantitative estimate of drug-likeness (QED) is 0.349. The maximum absolute atomic E-state index is 12.4. The fourth-order valence-corrected chi connectivity index (χ4v) is 2.36. The minimum absolute atomic E-state index is 0.0720. The van der Waals surface area contributed by atoms with Crippen LogP contribution in [0.1, 0.15) is 5.56 Å². The molecule has 1 amide bonds. The highest BCUT2D eigenvalue weighted by Crippen LogP contribution is 2.29. The van der Waals surface area contributed by atoms with Crippen molar-refractivity contribution >= 4 is 35.0 Å². The number of nitrogens with zero attached hydrogens (tertiary/aromatic N) is 2. The van der Waals surface area contributed by atoms with Gasteiger partial charge in [-0.3, -0.25) is 14.9 Å². The average Bonchev–Trinajstić information content (AvgIpc) is 2.67. The van der Waals surface area contributed by atoms with E-state index in [4.69, 9.17) is 21.1 Å². The molecule has 0 aliphatic rings. The molecule has 8 nitrogen and oxygen atoms in total. The maximum Gasteiger partial charge on any atom is 0.294 e. The van der Waals surface area contributed by atoms with Gasteiger partial charge in [-0.05, 0) is 30.3 Å². The number of hydrogen-bond donors (Lipinski definition) is 1. The molecule has 0 bridgehead atoms. The Kier molecular flexibility index (Phi) is 6.36. The van der Waals surface area contributed by atoms with Gasteiger partial charge in [0.2, 0.25) is 0 Å². The predicted molar refractivity (Wildman–Crippen MR) is 99.9 cm³/mol. The largest absolute Gasteiger partial charge is 0.497 e. The van der Waals surface area contributed by atoms with Crippen LogP contribution in [0.2, 0.25) is 5.02 Å². The third-order valence-corrected chi connectivity index (χ3v) is 3.75. The smallest absolute Gasteiger partial charge is 0.294 e. The maximum atomic E-state index is 12.4. The molecular weight excluding hydrogens is 374 g/mol. The summed E-state index contributed by atoms with van der Waals surface area (Å²) in [6, 6.07) is 10.4. The Morgan fingerprint density at radius 3 is 2.59 bits per heavy atom. The Balaban J connectivity index is 2.36. The van der Waals surface area contributed by atoms with Gasteiger partial charge < -0.3 is 14.8 Å². The van der Waals surface area contributed by atoms with Crippen LogP contribution in [0.4, 0.5) is 11.4 Å². The number of benzene rings is 2. The highest BCUT2D eigenvalue weighted by molar-refractivity contribution is 6.31. The fraction of sp³-hybridized carbons (Fsp3) is 0.111. The Hall–Kier alpha value is -3.57. The van der Waals surface area contributed by atoms with Crippen LogP contribution in [-0.2, 0) is 4.79 Å². The summed E-state index contributed by atoms with van der Waals surface area (Å²) in [6.07, 6.45) is 1.31. The van der Waals surface area contributed by atoms with Gasteiger partial charge >= 0.3 is 0 Å². The lowest BCUT2D eigenvalue weighted by Crippen LogP contribution is -2.14. The summed E-state index contributed by atoms with van der Waals surface area (Å²) in [4.78, 5) is 22.8. The molecule has 0 aliphatic heterocycles. The third-order valence-electron chi connectivity index (χ3n) is 3.51. The first-order chi connectivity index (χ1) is 12.9. The van der Waals surface area contributed by atoms with Gasteiger partial charge in [-0.15, -0.1) is 0 Å². The molecule has 0 fully saturated rings. The van der Waals surface area contributed by atoms with Crippen molar-refractivity contribution in [2.45, 2.75) is 0 Å². The molecule has 2 aromatic carbocycles. The molecular formula is C18H14ClN3O5. The number of nitro groups is 1. The Morgan fingerprint density at radius 2 is 2.00 bits per heavy atom. The molecule has 0 heterocycles. The summed E-state index contributed by atoms with van der Waals surface area (Å²) < 4.78 is 10.3. The number of carbonyl (C=O) groups is 1. The topological polar surface area (TPSA) is 114 Å². The van der Waals surface area contributed by atoms with Crippen LogP contribution in [0, 0.1) is 21.4 Å². The second-order valence-electron chi connectivity index (χ2n) is 5.15. The molecule has 0 atom stereocenters. The Bertz CT molecular complexity index is 966. The van der Waals surface area contributed by atoms with Crippen LogP contribution in [0.5, 0.6) is 11.5 Å². The number of nitro benzene ring substituents is 1. The number of amides is 1. The molecule has 0 saturated carbocycles. The van der Waals surface area contributed by atoms with Crippen molar-refractivity contribution in [1.82, 2.24) is 0 Å². The number of methoxy groups -OCH3 is 2. The lowest BCUT2D eigenvalue weighted by molar-refractivity contribution is -0.383. The standard InChI is InChI=1S/C18H14ClN3O5/c1-26-14-5-3-11(17(9-14)27-2)7-12(10-20)18(23)21-15-6-4-13(19)8-16(15)22(24)25/h3-9H,1-2H3,(H,21,23)/b12-7-. The van der Waals surface area contributed by atoms with Gasteiger partial charge in [0.1, 0.15) is 28.8 Å². The molecule has 0 unspecified atom stereocenters. The van der Waals surface area contributed by atoms with E-state index in [9.17, 15) is 20.2 Å². The molecule has 0 aromatic heterocycles. The number of carbonyl (C=O) groups excluding carboxylic acids is 1. The van der Waals surface area contributed by atoms with Crippen LogP contribution < -0.4 is 14.8 Å². The second-order valence-corrected chi connectivity index (χ2v) is 5.59. The van der Waals surface area contributed by atoms with Crippen molar-refractivity contribution < 1.29 is 19.2 Å². The Labute approximate surface area is 159 Å². The molecule has 27 heavy (non-hydrogen) atoms. The molecule has 9 heteroatoms. The number of anilines is 1. The molecule has 2 rings (SSSR count). The number of nitrogens with one attached hydrogen (secondary N) is 1. The number of ether oxygens (including phenoxy) is 2. The average molecular weight is 388 g/mol. The Morgan fingerprint density at radius 1 is 1.26 bits per heavy atom. The number of hydrogen-bond acceptors (Lipinski definition) is 6. The number of halogens is 1. The lowest BCUT2D eigenvalue weighted by atomic mass is 10.1. The summed E-state index contributed by atoms with van der Waals surface area (Å²) >= 11 is 5.75. The van der Waals surface area contributed by atoms with Gasteiger partial charge in [-0.2, -0.15) is 5.26 Å². The monoisotopic (exact) mass is 387 g/mol. The van der Waals surface area contributed by atoms with Crippen molar-refractivity contribution in [3.8, 4) is 17.6 Å². The molecule has 138 valence electrons. The first-order valence-corrected chi connectivity index (χ1v) is 7.86. The minimum atomic E-state index is -0.805. The first-order valence-electron chi connectivity index (χ1n) is 7.48. The van der Waals surface area contributed by atoms with E-state index in [1.54, 1.807) is 24.3 Å². The van der Waals surface area contributed by atoms with E-state index >= 15 is 0 Å². The van der Waals surface area contributed by atoms with Crippen molar-refractivity contribution in [3.05, 3.63) is 62.7 Å². The summed E-state index contributed by atoms with van der Waals surface area (Å²) in [5.74, 6) is 0.136. The first kappa shape index (κ1) is 19.8. The number of rotatable bonds is 6. The van der Waals surface area contributed by atoms with Crippen LogP contribution in [0.15, 0.2) is 42.0 Å². The van der Waals surface area contributed by atoms with Gasteiger partial charge in [-0.1, -0.05) is 11.6 Å². The van der Waals surface area contributed by atoms with Crippen molar-refractivity contribution in [2.75, 3.05) is 19.5 Å². The van der Waals surface area contributed by atoms with Gasteiger partial charge in [-0.25, -0.2) is 0 Å². The summed E-state index contributed by atoms with van der Waals surface area (Å²) in [5, 5.41) is 22.9. The fourth-order valence-electron chi connectivity index (χ4n) is 2.19. The van der Waals surface area contributed by atoms with E-state index in [0.29, 0.717) is 17.1 Å². The van der Waals surface area contributed by atoms with Crippen LogP contribution in [0.3, 0.4) is 0 Å². The zero-order valence-electron chi connectivity index (χ0n) is 14.4. The molecule has 0 saturated heterocycles. The van der Waals surface area contributed by atoms with E-state index < -0.39 is 10.8 Å². The van der Waals surface area contributed by atoms with E-state index in [-0.39, 0.29) is 22.0 Å². The molecule has 0 spiro atoms. The molecule has 1 N–H and O–H groups in total. The van der Waals surface area contributed by atoms with Crippen LogP contribution in [0.25, 0.3) is 6.08 Å². The van der Waals surface area contributed by atoms with Gasteiger partial charge in [0.05, 0.1) is 19.1 Å². The summed E-state index contributed by atoms with van der Waals surface area (Å²) in [5.41, 5.74) is -0.245. The van der Waals surface area contributed by atoms with E-state index in [0.717, 1.165) is 6.07 Å². The minimum Gasteiger partial charge on any atom is -0.497 e. The predicted octanol–water partition coefficient (Wildman–Crippen LogP) is 3.81. The van der Waals surface area contributed by atoms with E-state index in [1.807, 2.05) is 0 Å². The van der Waals surface area contributed by atoms with Crippen LogP contribution in [-0.4, -0.2) is 25.1 Å². The summed E-state index contributed by atoms with van der Waals surface area (Å²) in [6.45, 7) is 0. The molecule has 2 aromatic rings. The van der Waals surface area contributed by atoms with Crippen molar-refractivity contribution in [2.24, 2.45) is 0 Å². The van der Waals surface area contributed by atoms with Gasteiger partial charge in [0, 0.05) is 22.7 Å². The van der Waals surface area contributed by atoms with Gasteiger partial charge in [0.15, 0.2) is 0 Å². The third kappa shape index (κ3) is 4.74. The zero-order chi connectivity index (χ0) is 20.0. The summed E-state index contributed by atoms with van der Waals surface area (Å²) in [7, 11) is 2.94. The van der Waals surface area contributed by atoms with Crippen LogP contribution >= 0.6 is 11.6 Å². The van der Waals surface area contributed by atoms with E-state index in [2.05, 4.69) is 5.32 Å². The van der Waals surface area contributed by atoms with Crippen molar-refractivity contribution in [3.63, 3.8) is 0 Å². The number of nitriles is 1. The highest BCUT2D eigenvalue weighted by atomic mass is 35.5. The molecule has 0 radical (unpaired) electrons. The second kappa shape index (κ2) is 8.69. The highest BCUT2D eigenvalue weighted by Gasteiger charge is 2.19. The van der Waals surface area contributed by atoms with Crippen molar-refractivity contribution in [1.29, 1.82) is 5.26 Å².